The van der Waals surface area contributed by atoms with Gasteiger partial charge in [-0.2, -0.15) is 13.2 Å². The molecule has 0 radical (unpaired) electrons. The fourth-order valence-electron chi connectivity index (χ4n) is 1.89. The van der Waals surface area contributed by atoms with Crippen LogP contribution in [0.5, 0.6) is 0 Å². The Hall–Kier alpha value is -2.18. The Kier molecular flexibility index (Phi) is 7.01. The van der Waals surface area contributed by atoms with Crippen molar-refractivity contribution in [3.63, 3.8) is 0 Å². The maximum absolute atomic E-state index is 13.1. The third kappa shape index (κ3) is 6.77. The van der Waals surface area contributed by atoms with Crippen LogP contribution in [-0.4, -0.2) is 32.8 Å². The molecule has 5 nitrogen and oxygen atoms in total. The van der Waals surface area contributed by atoms with E-state index in [1.54, 1.807) is 0 Å². The van der Waals surface area contributed by atoms with E-state index in [1.165, 1.54) is 22.9 Å². The first-order chi connectivity index (χ1) is 13.0. The Morgan fingerprint density at radius 1 is 1.00 bits per heavy atom. The number of alkyl halides is 3. The summed E-state index contributed by atoms with van der Waals surface area (Å²) in [5, 5.41) is 2.45. The van der Waals surface area contributed by atoms with Gasteiger partial charge in [0.25, 0.3) is 0 Å². The summed E-state index contributed by atoms with van der Waals surface area (Å²) in [7, 11) is -4.35. The monoisotopic (exact) mass is 440 g/mol. The summed E-state index contributed by atoms with van der Waals surface area (Å²) in [5.41, 5.74) is 0.214. The summed E-state index contributed by atoms with van der Waals surface area (Å²) >= 11 is 0.956. The van der Waals surface area contributed by atoms with E-state index in [0.717, 1.165) is 36.0 Å². The molecule has 0 aliphatic carbocycles. The van der Waals surface area contributed by atoms with Gasteiger partial charge in [0, 0.05) is 10.6 Å². The zero-order valence-corrected chi connectivity index (χ0v) is 15.5. The van der Waals surface area contributed by atoms with Crippen LogP contribution in [0.3, 0.4) is 0 Å². The highest BCUT2D eigenvalue weighted by Gasteiger charge is 2.30. The second kappa shape index (κ2) is 8.88. The summed E-state index contributed by atoms with van der Waals surface area (Å²) in [6.07, 6.45) is -4.69. The number of halogens is 5. The molecule has 0 aliphatic rings. The zero-order chi connectivity index (χ0) is 20.9. The Morgan fingerprint density at radius 3 is 2.21 bits per heavy atom. The molecule has 2 aromatic carbocycles. The van der Waals surface area contributed by atoms with Crippen molar-refractivity contribution in [3.8, 4) is 0 Å². The predicted molar refractivity (Wildman–Crippen MR) is 93.4 cm³/mol. The van der Waals surface area contributed by atoms with Gasteiger partial charge in [-0.15, -0.1) is 11.8 Å². The second-order valence-electron chi connectivity index (χ2n) is 5.38. The molecule has 0 bridgehead atoms. The Morgan fingerprint density at radius 2 is 1.64 bits per heavy atom. The summed E-state index contributed by atoms with van der Waals surface area (Å²) < 4.78 is 87.3. The van der Waals surface area contributed by atoms with Crippen molar-refractivity contribution in [2.24, 2.45) is 0 Å². The van der Waals surface area contributed by atoms with E-state index in [0.29, 0.717) is 4.90 Å². The van der Waals surface area contributed by atoms with Crippen LogP contribution in [0.4, 0.5) is 27.6 Å². The van der Waals surface area contributed by atoms with Gasteiger partial charge in [-0.05, 0) is 42.5 Å². The number of rotatable bonds is 7. The molecule has 0 aliphatic heterocycles. The predicted octanol–water partition coefficient (Wildman–Crippen LogP) is 3.54. The minimum absolute atomic E-state index is 0.127. The molecule has 1 amide bonds. The molecule has 0 aromatic heterocycles. The molecule has 2 aromatic rings. The third-order valence-corrected chi connectivity index (χ3v) is 5.58. The molecule has 0 fully saturated rings. The van der Waals surface area contributed by atoms with E-state index in [1.807, 2.05) is 0 Å². The van der Waals surface area contributed by atoms with Crippen LogP contribution in [-0.2, 0) is 14.8 Å². The van der Waals surface area contributed by atoms with Crippen LogP contribution < -0.4 is 10.0 Å². The number of hydrogen-bond acceptors (Lipinski definition) is 4. The van der Waals surface area contributed by atoms with E-state index < -0.39 is 45.2 Å². The van der Waals surface area contributed by atoms with Crippen LogP contribution in [0, 0.1) is 11.6 Å². The van der Waals surface area contributed by atoms with Crippen LogP contribution in [0.15, 0.2) is 52.3 Å². The van der Waals surface area contributed by atoms with E-state index >= 15 is 0 Å². The number of nitrogens with one attached hydrogen (secondary N) is 2. The number of sulfonamides is 1. The van der Waals surface area contributed by atoms with Crippen molar-refractivity contribution >= 4 is 33.4 Å². The lowest BCUT2D eigenvalue weighted by atomic mass is 10.3. The molecular formula is C16H13F5N2O3S2. The highest BCUT2D eigenvalue weighted by Crippen LogP contribution is 2.21. The van der Waals surface area contributed by atoms with Crippen LogP contribution >= 0.6 is 11.8 Å². The molecule has 2 rings (SSSR count). The Labute approximate surface area is 161 Å². The average Bonchev–Trinajstić information content (AvgIpc) is 2.61. The standard InChI is InChI=1S/C16H13F5N2O3S2/c17-13-6-3-11(7-14(13)18)27-8-15(24)23-10-1-4-12(5-2-10)28(25,26)22-9-16(19,20)21/h1-7,22H,8-9H2,(H,23,24). The fraction of sp³-hybridized carbons (Fsp3) is 0.188. The maximum atomic E-state index is 13.1. The first kappa shape index (κ1) is 22.1. The average molecular weight is 440 g/mol. The van der Waals surface area contributed by atoms with E-state index in [-0.39, 0.29) is 11.4 Å². The molecule has 0 saturated heterocycles. The summed E-state index contributed by atoms with van der Waals surface area (Å²) in [6.45, 7) is -1.70. The normalized spacial score (nSPS) is 12.0. The van der Waals surface area contributed by atoms with E-state index in [4.69, 9.17) is 0 Å². The molecule has 0 spiro atoms. The van der Waals surface area contributed by atoms with E-state index in [9.17, 15) is 35.2 Å². The first-order valence-electron chi connectivity index (χ1n) is 7.50. The fourth-order valence-corrected chi connectivity index (χ4v) is 3.63. The zero-order valence-electron chi connectivity index (χ0n) is 13.9. The van der Waals surface area contributed by atoms with Gasteiger partial charge in [0.2, 0.25) is 15.9 Å². The molecule has 0 saturated carbocycles. The smallest absolute Gasteiger partial charge is 0.325 e. The molecule has 28 heavy (non-hydrogen) atoms. The van der Waals surface area contributed by atoms with Gasteiger partial charge in [-0.3, -0.25) is 4.79 Å². The quantitative estimate of drug-likeness (QED) is 0.510. The van der Waals surface area contributed by atoms with Gasteiger partial charge in [0.1, 0.15) is 6.54 Å². The Balaban J connectivity index is 1.92. The van der Waals surface area contributed by atoms with Crippen molar-refractivity contribution < 1.29 is 35.2 Å². The summed E-state index contributed by atoms with van der Waals surface area (Å²) in [4.78, 5) is 11.8. The number of amides is 1. The largest absolute Gasteiger partial charge is 0.402 e. The van der Waals surface area contributed by atoms with Crippen LogP contribution in [0.25, 0.3) is 0 Å². The number of benzene rings is 2. The highest BCUT2D eigenvalue weighted by atomic mass is 32.2. The Bertz CT molecular complexity index is 948. The molecule has 0 unspecified atom stereocenters. The van der Waals surface area contributed by atoms with Crippen molar-refractivity contribution in [1.82, 2.24) is 4.72 Å². The van der Waals surface area contributed by atoms with Gasteiger partial charge in [0.15, 0.2) is 11.6 Å². The SMILES string of the molecule is O=C(CSc1ccc(F)c(F)c1)Nc1ccc(S(=O)(=O)NCC(F)(F)F)cc1. The minimum Gasteiger partial charge on any atom is -0.325 e. The van der Waals surface area contributed by atoms with Gasteiger partial charge in [0.05, 0.1) is 10.6 Å². The van der Waals surface area contributed by atoms with Gasteiger partial charge in [-0.25, -0.2) is 21.9 Å². The second-order valence-corrected chi connectivity index (χ2v) is 8.19. The number of thioether (sulfide) groups is 1. The van der Waals surface area contributed by atoms with E-state index in [2.05, 4.69) is 5.32 Å². The van der Waals surface area contributed by atoms with Gasteiger partial charge >= 0.3 is 6.18 Å². The first-order valence-corrected chi connectivity index (χ1v) is 9.97. The molecule has 152 valence electrons. The number of anilines is 1. The van der Waals surface area contributed by atoms with Gasteiger partial charge < -0.3 is 5.32 Å². The molecule has 2 N–H and O–H groups in total. The summed E-state index contributed by atoms with van der Waals surface area (Å²) in [6, 6.07) is 7.69. The molecule has 0 atom stereocenters. The maximum Gasteiger partial charge on any atom is 0.402 e. The van der Waals surface area contributed by atoms with Crippen molar-refractivity contribution in [2.45, 2.75) is 16.0 Å². The number of carbonyl (C=O) groups is 1. The van der Waals surface area contributed by atoms with Gasteiger partial charge in [-0.1, -0.05) is 0 Å². The van der Waals surface area contributed by atoms with Crippen molar-refractivity contribution in [1.29, 1.82) is 0 Å². The molecular weight excluding hydrogens is 427 g/mol. The van der Waals surface area contributed by atoms with Crippen molar-refractivity contribution in [3.05, 3.63) is 54.1 Å². The number of carbonyl (C=O) groups excluding carboxylic acids is 1. The lowest BCUT2D eigenvalue weighted by Crippen LogP contribution is -2.33. The molecule has 12 heteroatoms. The number of hydrogen-bond donors (Lipinski definition) is 2. The lowest BCUT2D eigenvalue weighted by molar-refractivity contribution is -0.121. The topological polar surface area (TPSA) is 75.3 Å². The highest BCUT2D eigenvalue weighted by molar-refractivity contribution is 8.00. The van der Waals surface area contributed by atoms with Crippen molar-refractivity contribution in [2.75, 3.05) is 17.6 Å². The summed E-state index contributed by atoms with van der Waals surface area (Å²) in [5.74, 6) is -2.67. The molecule has 0 heterocycles. The third-order valence-electron chi connectivity index (χ3n) is 3.17. The van der Waals surface area contributed by atoms with Crippen LogP contribution in [0.1, 0.15) is 0 Å². The minimum atomic E-state index is -4.69. The van der Waals surface area contributed by atoms with Crippen LogP contribution in [0.2, 0.25) is 0 Å². The lowest BCUT2D eigenvalue weighted by Gasteiger charge is -2.10.